The van der Waals surface area contributed by atoms with E-state index in [1.54, 1.807) is 24.3 Å². The van der Waals surface area contributed by atoms with E-state index in [1.807, 2.05) is 0 Å². The lowest BCUT2D eigenvalue weighted by Gasteiger charge is -2.12. The van der Waals surface area contributed by atoms with Crippen molar-refractivity contribution in [2.75, 3.05) is 38.0 Å². The average Bonchev–Trinajstić information content (AvgIpc) is 2.61. The molecule has 0 aliphatic rings. The molecule has 1 N–H and O–H groups in total. The minimum atomic E-state index is -3.65. The molecule has 0 aliphatic carbocycles. The van der Waals surface area contributed by atoms with Crippen LogP contribution in [0.15, 0.2) is 53.4 Å². The molecule has 0 spiro atoms. The second-order valence-electron chi connectivity index (χ2n) is 6.28. The van der Waals surface area contributed by atoms with Gasteiger partial charge in [0.1, 0.15) is 12.4 Å². The highest BCUT2D eigenvalue weighted by molar-refractivity contribution is 7.90. The number of sulfone groups is 1. The molecule has 0 unspecified atom stereocenters. The maximum atomic E-state index is 12.5. The molecule has 2 rings (SSSR count). The number of carbonyl (C=O) groups excluding carboxylic acids is 1. The highest BCUT2D eigenvalue weighted by Crippen LogP contribution is 2.20. The molecule has 0 heterocycles. The molecule has 0 aromatic heterocycles. The fourth-order valence-electron chi connectivity index (χ4n) is 2.19. The number of hydrogen-bond acceptors (Lipinski definition) is 6. The van der Waals surface area contributed by atoms with Crippen LogP contribution in [0.4, 0.5) is 5.69 Å². The largest absolute Gasteiger partial charge is 0.492 e. The number of hydrogen-bond donors (Lipinski definition) is 1. The van der Waals surface area contributed by atoms with Crippen LogP contribution in [-0.4, -0.2) is 59.8 Å². The molecule has 1 amide bonds. The Morgan fingerprint density at radius 2 is 1.71 bits per heavy atom. The highest BCUT2D eigenvalue weighted by atomic mass is 32.2. The lowest BCUT2D eigenvalue weighted by molar-refractivity contribution is 0.102. The number of benzene rings is 2. The zero-order chi connectivity index (χ0) is 20.9. The third-order valence-electron chi connectivity index (χ3n) is 3.69. The van der Waals surface area contributed by atoms with Gasteiger partial charge in [0.25, 0.3) is 5.91 Å². The number of carbonyl (C=O) groups is 1. The summed E-state index contributed by atoms with van der Waals surface area (Å²) in [5, 5.41) is 2.67. The van der Waals surface area contributed by atoms with Gasteiger partial charge in [0, 0.05) is 37.7 Å². The molecule has 10 heteroatoms. The number of ether oxygens (including phenoxy) is 1. The van der Waals surface area contributed by atoms with Crippen molar-refractivity contribution in [2.45, 2.75) is 4.90 Å². The van der Waals surface area contributed by atoms with Crippen LogP contribution in [0.3, 0.4) is 0 Å². The van der Waals surface area contributed by atoms with Crippen LogP contribution in [0.2, 0.25) is 0 Å². The van der Waals surface area contributed by atoms with Gasteiger partial charge in [0.15, 0.2) is 9.84 Å². The molecule has 0 saturated heterocycles. The number of amides is 1. The second-order valence-corrected chi connectivity index (χ2v) is 10.7. The van der Waals surface area contributed by atoms with Crippen molar-refractivity contribution in [3.8, 4) is 5.75 Å². The molecule has 0 fully saturated rings. The van der Waals surface area contributed by atoms with Gasteiger partial charge in [-0.15, -0.1) is 0 Å². The van der Waals surface area contributed by atoms with Crippen LogP contribution in [0.5, 0.6) is 5.75 Å². The van der Waals surface area contributed by atoms with E-state index in [4.69, 9.17) is 4.74 Å². The number of anilines is 1. The second kappa shape index (κ2) is 8.72. The summed E-state index contributed by atoms with van der Waals surface area (Å²) in [6, 6.07) is 12.2. The normalized spacial score (nSPS) is 12.0. The molecule has 2 aromatic rings. The van der Waals surface area contributed by atoms with E-state index in [0.717, 1.165) is 10.6 Å². The van der Waals surface area contributed by atoms with Crippen molar-refractivity contribution in [1.29, 1.82) is 0 Å². The molecular formula is C18H22N2O6S2. The van der Waals surface area contributed by atoms with Gasteiger partial charge >= 0.3 is 0 Å². The van der Waals surface area contributed by atoms with E-state index in [0.29, 0.717) is 11.4 Å². The standard InChI is InChI=1S/C18H22N2O6S2/c1-20(2)28(24,25)17-9-4-6-14(12-17)18(21)19-15-7-5-8-16(13-15)26-10-11-27(3,22)23/h4-9,12-13H,10-11H2,1-3H3,(H,19,21). The molecule has 0 atom stereocenters. The van der Waals surface area contributed by atoms with E-state index >= 15 is 0 Å². The fourth-order valence-corrected chi connectivity index (χ4v) is 3.52. The van der Waals surface area contributed by atoms with E-state index in [-0.39, 0.29) is 22.8 Å². The van der Waals surface area contributed by atoms with Crippen LogP contribution in [0, 0.1) is 0 Å². The van der Waals surface area contributed by atoms with Gasteiger partial charge in [-0.25, -0.2) is 21.1 Å². The summed E-state index contributed by atoms with van der Waals surface area (Å²) in [5.74, 6) is -0.189. The first kappa shape index (κ1) is 21.9. The van der Waals surface area contributed by atoms with Crippen molar-refractivity contribution in [3.63, 3.8) is 0 Å². The predicted molar refractivity (Wildman–Crippen MR) is 107 cm³/mol. The topological polar surface area (TPSA) is 110 Å². The SMILES string of the molecule is CN(C)S(=O)(=O)c1cccc(C(=O)Nc2cccc(OCCS(C)(=O)=O)c2)c1. The monoisotopic (exact) mass is 426 g/mol. The Labute approximate surface area is 165 Å². The van der Waals surface area contributed by atoms with Crippen LogP contribution < -0.4 is 10.1 Å². The Hall–Kier alpha value is -2.43. The quantitative estimate of drug-likeness (QED) is 0.687. The minimum Gasteiger partial charge on any atom is -0.492 e. The molecular weight excluding hydrogens is 404 g/mol. The average molecular weight is 427 g/mol. The molecule has 0 saturated carbocycles. The van der Waals surface area contributed by atoms with Gasteiger partial charge in [-0.3, -0.25) is 4.79 Å². The van der Waals surface area contributed by atoms with Crippen LogP contribution in [0.25, 0.3) is 0 Å². The summed E-state index contributed by atoms with van der Waals surface area (Å²) in [7, 11) is -3.95. The minimum absolute atomic E-state index is 0.000668. The number of nitrogens with zero attached hydrogens (tertiary/aromatic N) is 1. The summed E-state index contributed by atoms with van der Waals surface area (Å²) in [6.45, 7) is 0.000668. The van der Waals surface area contributed by atoms with Crippen molar-refractivity contribution in [1.82, 2.24) is 4.31 Å². The summed E-state index contributed by atoms with van der Waals surface area (Å²) in [6.07, 6.45) is 1.12. The van der Waals surface area contributed by atoms with E-state index in [9.17, 15) is 21.6 Å². The van der Waals surface area contributed by atoms with Crippen LogP contribution >= 0.6 is 0 Å². The van der Waals surface area contributed by atoms with Crippen molar-refractivity contribution in [3.05, 3.63) is 54.1 Å². The predicted octanol–water partition coefficient (Wildman–Crippen LogP) is 1.61. The Morgan fingerprint density at radius 3 is 2.36 bits per heavy atom. The number of sulfonamides is 1. The van der Waals surface area contributed by atoms with Gasteiger partial charge in [-0.2, -0.15) is 0 Å². The van der Waals surface area contributed by atoms with Crippen molar-refractivity contribution >= 4 is 31.5 Å². The van der Waals surface area contributed by atoms with Crippen LogP contribution in [0.1, 0.15) is 10.4 Å². The van der Waals surface area contributed by atoms with E-state index < -0.39 is 25.8 Å². The summed E-state index contributed by atoms with van der Waals surface area (Å²) >= 11 is 0. The van der Waals surface area contributed by atoms with E-state index in [2.05, 4.69) is 5.32 Å². The maximum absolute atomic E-state index is 12.5. The summed E-state index contributed by atoms with van der Waals surface area (Å²) in [4.78, 5) is 12.5. The van der Waals surface area contributed by atoms with Crippen LogP contribution in [-0.2, 0) is 19.9 Å². The van der Waals surface area contributed by atoms with Gasteiger partial charge in [0.05, 0.1) is 10.6 Å². The Morgan fingerprint density at radius 1 is 1.04 bits per heavy atom. The van der Waals surface area contributed by atoms with Gasteiger partial charge < -0.3 is 10.1 Å². The lowest BCUT2D eigenvalue weighted by atomic mass is 10.2. The molecule has 0 aliphatic heterocycles. The highest BCUT2D eigenvalue weighted by Gasteiger charge is 2.18. The van der Waals surface area contributed by atoms with Crippen molar-refractivity contribution in [2.24, 2.45) is 0 Å². The zero-order valence-electron chi connectivity index (χ0n) is 15.7. The molecule has 8 nitrogen and oxygen atoms in total. The molecule has 152 valence electrons. The number of nitrogens with one attached hydrogen (secondary N) is 1. The number of rotatable bonds is 8. The smallest absolute Gasteiger partial charge is 0.255 e. The van der Waals surface area contributed by atoms with Crippen molar-refractivity contribution < 1.29 is 26.4 Å². The molecule has 2 aromatic carbocycles. The Bertz CT molecular complexity index is 1060. The lowest BCUT2D eigenvalue weighted by Crippen LogP contribution is -2.22. The molecule has 28 heavy (non-hydrogen) atoms. The summed E-state index contributed by atoms with van der Waals surface area (Å²) < 4.78 is 53.2. The third kappa shape index (κ3) is 6.04. The van der Waals surface area contributed by atoms with Gasteiger partial charge in [-0.1, -0.05) is 12.1 Å². The third-order valence-corrected chi connectivity index (χ3v) is 6.41. The van der Waals surface area contributed by atoms with Gasteiger partial charge in [0.2, 0.25) is 10.0 Å². The zero-order valence-corrected chi connectivity index (χ0v) is 17.4. The Balaban J connectivity index is 2.12. The first-order valence-corrected chi connectivity index (χ1v) is 11.7. The maximum Gasteiger partial charge on any atom is 0.255 e. The Kier molecular flexibility index (Phi) is 6.81. The molecule has 0 radical (unpaired) electrons. The fraction of sp³-hybridized carbons (Fsp3) is 0.278. The molecule has 0 bridgehead atoms. The van der Waals surface area contributed by atoms with Gasteiger partial charge in [-0.05, 0) is 30.3 Å². The first-order chi connectivity index (χ1) is 13.0. The van der Waals surface area contributed by atoms with E-state index in [1.165, 1.54) is 38.4 Å². The summed E-state index contributed by atoms with van der Waals surface area (Å²) in [5.41, 5.74) is 0.619. The first-order valence-electron chi connectivity index (χ1n) is 8.23.